The standard InChI is InChI=1S/C21H18N4O4/c26-16(11-25-20(27)18-12-1-2-13(9-12)19(18)21(25)28)24-14-3-5-15(6-4-14)29-17-10-22-7-8-23-17/h1-8,10,12-13,18-19H,9,11H2,(H,24,26)/t12-,13-,18+,19+/m0/s1. The van der Waals surface area contributed by atoms with Crippen LogP contribution in [0.3, 0.4) is 0 Å². The smallest absolute Gasteiger partial charge is 0.244 e. The molecule has 0 unspecified atom stereocenters. The van der Waals surface area contributed by atoms with E-state index in [4.69, 9.17) is 4.74 Å². The molecule has 2 heterocycles. The molecule has 146 valence electrons. The van der Waals surface area contributed by atoms with E-state index in [1.807, 2.05) is 12.2 Å². The van der Waals surface area contributed by atoms with Crippen LogP contribution >= 0.6 is 0 Å². The Labute approximate surface area is 166 Å². The lowest BCUT2D eigenvalue weighted by molar-refractivity contribution is -0.143. The van der Waals surface area contributed by atoms with Gasteiger partial charge < -0.3 is 10.1 Å². The van der Waals surface area contributed by atoms with Crippen molar-refractivity contribution in [3.63, 3.8) is 0 Å². The molecule has 0 spiro atoms. The quantitative estimate of drug-likeness (QED) is 0.619. The highest BCUT2D eigenvalue weighted by atomic mass is 16.5. The Hall–Kier alpha value is -3.55. The van der Waals surface area contributed by atoms with E-state index in [1.165, 1.54) is 12.4 Å². The predicted octanol–water partition coefficient (Wildman–Crippen LogP) is 2.01. The molecule has 29 heavy (non-hydrogen) atoms. The monoisotopic (exact) mass is 390 g/mol. The van der Waals surface area contributed by atoms with Gasteiger partial charge in [0.1, 0.15) is 12.3 Å². The fourth-order valence-electron chi connectivity index (χ4n) is 4.53. The Morgan fingerprint density at radius 3 is 2.38 bits per heavy atom. The summed E-state index contributed by atoms with van der Waals surface area (Å²) in [4.78, 5) is 46.8. The number of anilines is 1. The summed E-state index contributed by atoms with van der Waals surface area (Å²) in [7, 11) is 0. The number of hydrogen-bond donors (Lipinski definition) is 1. The minimum Gasteiger partial charge on any atom is -0.438 e. The summed E-state index contributed by atoms with van der Waals surface area (Å²) >= 11 is 0. The lowest BCUT2D eigenvalue weighted by Gasteiger charge is -2.16. The molecule has 1 N–H and O–H groups in total. The molecule has 3 aliphatic rings. The van der Waals surface area contributed by atoms with Crippen molar-refractivity contribution in [2.75, 3.05) is 11.9 Å². The minimum absolute atomic E-state index is 0.136. The number of benzene rings is 1. The molecule has 1 aromatic heterocycles. The average molecular weight is 390 g/mol. The van der Waals surface area contributed by atoms with Gasteiger partial charge in [0.15, 0.2) is 0 Å². The summed E-state index contributed by atoms with van der Waals surface area (Å²) in [6, 6.07) is 6.72. The molecule has 2 aliphatic carbocycles. The first-order valence-corrected chi connectivity index (χ1v) is 9.47. The van der Waals surface area contributed by atoms with Crippen LogP contribution < -0.4 is 10.1 Å². The molecular formula is C21H18N4O4. The lowest BCUT2D eigenvalue weighted by atomic mass is 9.85. The summed E-state index contributed by atoms with van der Waals surface area (Å²) < 4.78 is 5.55. The number of ether oxygens (including phenoxy) is 1. The molecule has 8 heteroatoms. The molecule has 2 bridgehead atoms. The van der Waals surface area contributed by atoms with Crippen LogP contribution in [0.25, 0.3) is 0 Å². The Balaban J connectivity index is 1.20. The van der Waals surface area contributed by atoms with Gasteiger partial charge in [-0.25, -0.2) is 4.98 Å². The summed E-state index contributed by atoms with van der Waals surface area (Å²) in [6.07, 6.45) is 9.51. The van der Waals surface area contributed by atoms with E-state index in [1.54, 1.807) is 30.5 Å². The van der Waals surface area contributed by atoms with Crippen molar-refractivity contribution < 1.29 is 19.1 Å². The molecule has 4 atom stereocenters. The van der Waals surface area contributed by atoms with Gasteiger partial charge in [-0.2, -0.15) is 0 Å². The van der Waals surface area contributed by atoms with Crippen molar-refractivity contribution in [1.29, 1.82) is 0 Å². The highest BCUT2D eigenvalue weighted by Crippen LogP contribution is 2.52. The number of carbonyl (C=O) groups is 3. The highest BCUT2D eigenvalue weighted by molar-refractivity contribution is 6.09. The number of rotatable bonds is 5. The van der Waals surface area contributed by atoms with Crippen LogP contribution in [0.1, 0.15) is 6.42 Å². The summed E-state index contributed by atoms with van der Waals surface area (Å²) in [5.41, 5.74) is 0.544. The van der Waals surface area contributed by atoms with E-state index in [0.29, 0.717) is 17.3 Å². The molecule has 1 saturated carbocycles. The zero-order valence-electron chi connectivity index (χ0n) is 15.4. The second-order valence-electron chi connectivity index (χ2n) is 7.48. The van der Waals surface area contributed by atoms with Gasteiger partial charge in [0.2, 0.25) is 23.6 Å². The number of nitrogens with zero attached hydrogens (tertiary/aromatic N) is 3. The van der Waals surface area contributed by atoms with Gasteiger partial charge in [-0.05, 0) is 42.5 Å². The molecule has 1 aliphatic heterocycles. The lowest BCUT2D eigenvalue weighted by Crippen LogP contribution is -2.39. The zero-order chi connectivity index (χ0) is 20.0. The topological polar surface area (TPSA) is 101 Å². The van der Waals surface area contributed by atoms with Crippen LogP contribution in [0.2, 0.25) is 0 Å². The summed E-state index contributed by atoms with van der Waals surface area (Å²) in [5, 5.41) is 2.72. The number of fused-ring (bicyclic) bond motifs is 5. The van der Waals surface area contributed by atoms with Gasteiger partial charge >= 0.3 is 0 Å². The van der Waals surface area contributed by atoms with Crippen molar-refractivity contribution in [3.05, 3.63) is 55.0 Å². The first-order chi connectivity index (χ1) is 14.1. The minimum atomic E-state index is -0.408. The summed E-state index contributed by atoms with van der Waals surface area (Å²) in [6.45, 7) is -0.262. The van der Waals surface area contributed by atoms with E-state index in [-0.39, 0.29) is 42.0 Å². The first kappa shape index (κ1) is 17.5. The van der Waals surface area contributed by atoms with Crippen molar-refractivity contribution in [2.24, 2.45) is 23.7 Å². The van der Waals surface area contributed by atoms with E-state index < -0.39 is 5.91 Å². The molecule has 2 fully saturated rings. The number of nitrogens with one attached hydrogen (secondary N) is 1. The number of hydrogen-bond acceptors (Lipinski definition) is 6. The zero-order valence-corrected chi connectivity index (χ0v) is 15.4. The Bertz CT molecular complexity index is 975. The van der Waals surface area contributed by atoms with Crippen LogP contribution in [0.4, 0.5) is 5.69 Å². The highest BCUT2D eigenvalue weighted by Gasteiger charge is 2.59. The van der Waals surface area contributed by atoms with E-state index in [2.05, 4.69) is 15.3 Å². The van der Waals surface area contributed by atoms with Gasteiger partial charge in [-0.15, -0.1) is 0 Å². The number of imide groups is 1. The number of allylic oxidation sites excluding steroid dienone is 2. The first-order valence-electron chi connectivity index (χ1n) is 9.47. The number of likely N-dealkylation sites (tertiary alicyclic amines) is 1. The molecular weight excluding hydrogens is 372 g/mol. The largest absolute Gasteiger partial charge is 0.438 e. The van der Waals surface area contributed by atoms with Crippen molar-refractivity contribution in [1.82, 2.24) is 14.9 Å². The van der Waals surface area contributed by atoms with Gasteiger partial charge in [0, 0.05) is 18.1 Å². The SMILES string of the molecule is O=C(CN1C(=O)[C@H]2[C@H](C1=O)[C@H]1C=C[C@H]2C1)Nc1ccc(Oc2cnccn2)cc1. The van der Waals surface area contributed by atoms with Crippen LogP contribution in [0.5, 0.6) is 11.6 Å². The maximum atomic E-state index is 12.7. The van der Waals surface area contributed by atoms with E-state index in [0.717, 1.165) is 11.3 Å². The summed E-state index contributed by atoms with van der Waals surface area (Å²) in [5.74, 6) is -0.249. The Morgan fingerprint density at radius 1 is 1.07 bits per heavy atom. The second kappa shape index (κ2) is 6.80. The fourth-order valence-corrected chi connectivity index (χ4v) is 4.53. The van der Waals surface area contributed by atoms with Crippen molar-refractivity contribution >= 4 is 23.4 Å². The van der Waals surface area contributed by atoms with Gasteiger partial charge in [-0.1, -0.05) is 12.2 Å². The van der Waals surface area contributed by atoms with Crippen LogP contribution in [0, 0.1) is 23.7 Å². The maximum Gasteiger partial charge on any atom is 0.244 e. The fraction of sp³-hybridized carbons (Fsp3) is 0.286. The normalized spacial score (nSPS) is 26.7. The molecule has 2 aromatic rings. The molecule has 0 radical (unpaired) electrons. The van der Waals surface area contributed by atoms with Crippen LogP contribution in [-0.4, -0.2) is 39.1 Å². The third-order valence-corrected chi connectivity index (χ3v) is 5.76. The molecule has 3 amide bonds. The maximum absolute atomic E-state index is 12.7. The van der Waals surface area contributed by atoms with E-state index in [9.17, 15) is 14.4 Å². The molecule has 5 rings (SSSR count). The predicted molar refractivity (Wildman–Crippen MR) is 102 cm³/mol. The third kappa shape index (κ3) is 3.06. The van der Waals surface area contributed by atoms with E-state index >= 15 is 0 Å². The molecule has 1 saturated heterocycles. The number of amides is 3. The van der Waals surface area contributed by atoms with Crippen LogP contribution in [-0.2, 0) is 14.4 Å². The van der Waals surface area contributed by atoms with Gasteiger partial charge in [0.05, 0.1) is 18.0 Å². The molecule has 8 nitrogen and oxygen atoms in total. The average Bonchev–Trinajstić information content (AvgIpc) is 3.40. The third-order valence-electron chi connectivity index (χ3n) is 5.76. The second-order valence-corrected chi connectivity index (χ2v) is 7.48. The number of carbonyl (C=O) groups excluding carboxylic acids is 3. The van der Waals surface area contributed by atoms with Gasteiger partial charge in [0.25, 0.3) is 0 Å². The Kier molecular flexibility index (Phi) is 4.12. The van der Waals surface area contributed by atoms with Crippen molar-refractivity contribution in [3.8, 4) is 11.6 Å². The van der Waals surface area contributed by atoms with Crippen LogP contribution in [0.15, 0.2) is 55.0 Å². The Morgan fingerprint density at radius 2 is 1.76 bits per heavy atom. The van der Waals surface area contributed by atoms with Gasteiger partial charge in [-0.3, -0.25) is 24.3 Å². The molecule has 1 aromatic carbocycles. The van der Waals surface area contributed by atoms with Crippen molar-refractivity contribution in [2.45, 2.75) is 6.42 Å². The number of aromatic nitrogens is 2.